The molecular formula is C16H12ClNS2. The number of thioether (sulfide) groups is 1. The van der Waals surface area contributed by atoms with Crippen LogP contribution in [0.15, 0.2) is 58.1 Å². The number of rotatable bonds is 3. The average Bonchev–Trinajstić information content (AvgIpc) is 3.02. The van der Waals surface area contributed by atoms with E-state index in [0.717, 1.165) is 22.0 Å². The van der Waals surface area contributed by atoms with Gasteiger partial charge in [-0.2, -0.15) is 11.3 Å². The summed E-state index contributed by atoms with van der Waals surface area (Å²) in [7, 11) is 0. The molecule has 100 valence electrons. The van der Waals surface area contributed by atoms with Crippen molar-refractivity contribution in [3.05, 3.63) is 58.2 Å². The highest BCUT2D eigenvalue weighted by Gasteiger charge is 2.07. The predicted molar refractivity (Wildman–Crippen MR) is 89.8 cm³/mol. The molecule has 0 atom stereocenters. The van der Waals surface area contributed by atoms with Gasteiger partial charge in [-0.15, -0.1) is 11.8 Å². The van der Waals surface area contributed by atoms with Crippen molar-refractivity contribution in [3.63, 3.8) is 0 Å². The van der Waals surface area contributed by atoms with Crippen LogP contribution in [0, 0.1) is 0 Å². The molecule has 0 amide bonds. The van der Waals surface area contributed by atoms with Gasteiger partial charge in [0, 0.05) is 26.4 Å². The Morgan fingerprint density at radius 1 is 1.00 bits per heavy atom. The van der Waals surface area contributed by atoms with E-state index in [1.807, 2.05) is 24.3 Å². The summed E-state index contributed by atoms with van der Waals surface area (Å²) < 4.78 is 0. The molecule has 0 radical (unpaired) electrons. The summed E-state index contributed by atoms with van der Waals surface area (Å²) in [4.78, 5) is 5.99. The van der Waals surface area contributed by atoms with E-state index in [0.29, 0.717) is 0 Å². The first-order valence-corrected chi connectivity index (χ1v) is 8.65. The third-order valence-electron chi connectivity index (χ3n) is 2.99. The van der Waals surface area contributed by atoms with Crippen LogP contribution in [0.3, 0.4) is 0 Å². The molecule has 0 spiro atoms. The molecule has 4 heteroatoms. The molecule has 3 aromatic rings. The third kappa shape index (κ3) is 2.90. The highest BCUT2D eigenvalue weighted by atomic mass is 35.5. The van der Waals surface area contributed by atoms with E-state index in [9.17, 15) is 0 Å². The van der Waals surface area contributed by atoms with E-state index >= 15 is 0 Å². The maximum absolute atomic E-state index is 5.95. The maximum atomic E-state index is 5.95. The van der Waals surface area contributed by atoms with Crippen LogP contribution in [0.4, 0.5) is 0 Å². The molecule has 2 heterocycles. The van der Waals surface area contributed by atoms with Gasteiger partial charge in [-0.05, 0) is 42.0 Å². The van der Waals surface area contributed by atoms with Crippen LogP contribution in [-0.4, -0.2) is 11.2 Å². The van der Waals surface area contributed by atoms with Gasteiger partial charge in [0.05, 0.1) is 11.4 Å². The largest absolute Gasteiger partial charge is 0.248 e. The Hall–Kier alpha value is -1.29. The Morgan fingerprint density at radius 2 is 1.70 bits per heavy atom. The minimum absolute atomic E-state index is 0.743. The van der Waals surface area contributed by atoms with E-state index < -0.39 is 0 Å². The first kappa shape index (κ1) is 13.7. The van der Waals surface area contributed by atoms with E-state index in [2.05, 4.69) is 35.2 Å². The van der Waals surface area contributed by atoms with Crippen molar-refractivity contribution in [1.29, 1.82) is 0 Å². The number of hydrogen-bond acceptors (Lipinski definition) is 3. The molecule has 0 N–H and O–H groups in total. The predicted octanol–water partition coefficient (Wildman–Crippen LogP) is 5.85. The Labute approximate surface area is 131 Å². The molecular weight excluding hydrogens is 306 g/mol. The summed E-state index contributed by atoms with van der Waals surface area (Å²) in [6, 6.07) is 14.2. The van der Waals surface area contributed by atoms with Crippen molar-refractivity contribution in [2.75, 3.05) is 6.26 Å². The van der Waals surface area contributed by atoms with Gasteiger partial charge in [-0.1, -0.05) is 23.7 Å². The topological polar surface area (TPSA) is 12.9 Å². The lowest BCUT2D eigenvalue weighted by Gasteiger charge is -2.07. The maximum Gasteiger partial charge on any atom is 0.0729 e. The lowest BCUT2D eigenvalue weighted by Crippen LogP contribution is -1.88. The van der Waals surface area contributed by atoms with Crippen LogP contribution in [0.5, 0.6) is 0 Å². The monoisotopic (exact) mass is 317 g/mol. The quantitative estimate of drug-likeness (QED) is 0.562. The summed E-state index contributed by atoms with van der Waals surface area (Å²) in [5.41, 5.74) is 4.25. The summed E-state index contributed by atoms with van der Waals surface area (Å²) in [5.74, 6) is 0. The highest BCUT2D eigenvalue weighted by molar-refractivity contribution is 7.98. The van der Waals surface area contributed by atoms with Crippen molar-refractivity contribution < 1.29 is 0 Å². The van der Waals surface area contributed by atoms with E-state index in [1.165, 1.54) is 10.5 Å². The summed E-state index contributed by atoms with van der Waals surface area (Å²) >= 11 is 9.36. The molecule has 0 saturated carbocycles. The van der Waals surface area contributed by atoms with Crippen molar-refractivity contribution in [1.82, 2.24) is 4.98 Å². The van der Waals surface area contributed by atoms with Gasteiger partial charge in [-0.3, -0.25) is 0 Å². The van der Waals surface area contributed by atoms with Crippen LogP contribution < -0.4 is 0 Å². The van der Waals surface area contributed by atoms with Gasteiger partial charge >= 0.3 is 0 Å². The van der Waals surface area contributed by atoms with Crippen LogP contribution in [0.25, 0.3) is 22.5 Å². The number of nitrogens with zero attached hydrogens (tertiary/aromatic N) is 1. The summed E-state index contributed by atoms with van der Waals surface area (Å²) in [6.45, 7) is 0. The summed E-state index contributed by atoms with van der Waals surface area (Å²) in [5, 5.41) is 4.94. The molecule has 0 bridgehead atoms. The fourth-order valence-electron chi connectivity index (χ4n) is 1.95. The second kappa shape index (κ2) is 6.00. The van der Waals surface area contributed by atoms with E-state index in [4.69, 9.17) is 16.6 Å². The molecule has 0 aliphatic rings. The molecule has 3 rings (SSSR count). The van der Waals surface area contributed by atoms with Crippen molar-refractivity contribution in [2.24, 2.45) is 0 Å². The Morgan fingerprint density at radius 3 is 2.30 bits per heavy atom. The minimum atomic E-state index is 0.743. The number of pyridine rings is 1. The second-order valence-corrected chi connectivity index (χ2v) is 6.39. The Bertz CT molecular complexity index is 706. The lowest BCUT2D eigenvalue weighted by atomic mass is 10.1. The Balaban J connectivity index is 2.11. The van der Waals surface area contributed by atoms with Gasteiger partial charge in [0.25, 0.3) is 0 Å². The van der Waals surface area contributed by atoms with Crippen LogP contribution in [-0.2, 0) is 0 Å². The second-order valence-electron chi connectivity index (χ2n) is 4.30. The molecule has 20 heavy (non-hydrogen) atoms. The fraction of sp³-hybridized carbons (Fsp3) is 0.0625. The standard InChI is InChI=1S/C16H12ClNS2/c1-19-14-8-15(11-2-4-13(17)5-3-11)18-16(9-14)12-6-7-20-10-12/h2-10H,1H3. The van der Waals surface area contributed by atoms with Gasteiger partial charge in [0.2, 0.25) is 0 Å². The first-order chi connectivity index (χ1) is 9.76. The zero-order valence-electron chi connectivity index (χ0n) is 10.8. The van der Waals surface area contributed by atoms with Crippen molar-refractivity contribution in [2.45, 2.75) is 4.90 Å². The number of thiophene rings is 1. The molecule has 0 aliphatic carbocycles. The van der Waals surface area contributed by atoms with E-state index in [-0.39, 0.29) is 0 Å². The molecule has 1 nitrogen and oxygen atoms in total. The third-order valence-corrected chi connectivity index (χ3v) is 4.63. The number of hydrogen-bond donors (Lipinski definition) is 0. The number of benzene rings is 1. The van der Waals surface area contributed by atoms with Crippen molar-refractivity contribution in [3.8, 4) is 22.5 Å². The van der Waals surface area contributed by atoms with Crippen LogP contribution >= 0.6 is 34.7 Å². The normalized spacial score (nSPS) is 10.7. The Kier molecular flexibility index (Phi) is 4.10. The molecule has 0 fully saturated rings. The molecule has 0 aliphatic heterocycles. The zero-order chi connectivity index (χ0) is 13.9. The zero-order valence-corrected chi connectivity index (χ0v) is 13.2. The highest BCUT2D eigenvalue weighted by Crippen LogP contribution is 2.30. The summed E-state index contributed by atoms with van der Waals surface area (Å²) in [6.07, 6.45) is 2.08. The molecule has 1 aromatic carbocycles. The first-order valence-electron chi connectivity index (χ1n) is 6.11. The lowest BCUT2D eigenvalue weighted by molar-refractivity contribution is 1.27. The van der Waals surface area contributed by atoms with Gasteiger partial charge in [-0.25, -0.2) is 4.98 Å². The fourth-order valence-corrected chi connectivity index (χ4v) is 3.18. The average molecular weight is 318 g/mol. The molecule has 0 unspecified atom stereocenters. The van der Waals surface area contributed by atoms with E-state index in [1.54, 1.807) is 23.1 Å². The minimum Gasteiger partial charge on any atom is -0.248 e. The van der Waals surface area contributed by atoms with Crippen molar-refractivity contribution >= 4 is 34.7 Å². The molecule has 0 saturated heterocycles. The number of aromatic nitrogens is 1. The number of halogens is 1. The SMILES string of the molecule is CSc1cc(-c2ccc(Cl)cc2)nc(-c2ccsc2)c1. The van der Waals surface area contributed by atoms with Gasteiger partial charge in [0.15, 0.2) is 0 Å². The van der Waals surface area contributed by atoms with Crippen LogP contribution in [0.2, 0.25) is 5.02 Å². The van der Waals surface area contributed by atoms with Crippen LogP contribution in [0.1, 0.15) is 0 Å². The van der Waals surface area contributed by atoms with Gasteiger partial charge < -0.3 is 0 Å². The smallest absolute Gasteiger partial charge is 0.0729 e. The van der Waals surface area contributed by atoms with Gasteiger partial charge in [0.1, 0.15) is 0 Å². The molecule has 2 aromatic heterocycles.